The van der Waals surface area contributed by atoms with Crippen LogP contribution in [0.5, 0.6) is 0 Å². The Hall–Kier alpha value is -2.25. The van der Waals surface area contributed by atoms with Gasteiger partial charge in [-0.15, -0.1) is 0 Å². The molecule has 1 fully saturated rings. The van der Waals surface area contributed by atoms with Crippen LogP contribution in [0, 0.1) is 0 Å². The van der Waals surface area contributed by atoms with Crippen molar-refractivity contribution < 1.29 is 14.4 Å². The van der Waals surface area contributed by atoms with E-state index >= 15 is 0 Å². The van der Waals surface area contributed by atoms with Crippen LogP contribution in [0.1, 0.15) is 25.0 Å². The Morgan fingerprint density at radius 2 is 1.96 bits per heavy atom. The highest BCUT2D eigenvalue weighted by atomic mass is 79.9. The maximum absolute atomic E-state index is 13.0. The molecule has 1 atom stereocenters. The third kappa shape index (κ3) is 3.37. The number of amides is 3. The lowest BCUT2D eigenvalue weighted by Gasteiger charge is -2.42. The number of carbonyl (C=O) groups is 3. The van der Waals surface area contributed by atoms with Gasteiger partial charge in [0.25, 0.3) is 11.8 Å². The molecule has 2 heterocycles. The molecule has 1 saturated heterocycles. The molecule has 3 rings (SSSR count). The summed E-state index contributed by atoms with van der Waals surface area (Å²) in [6.07, 6.45) is 1.83. The third-order valence-electron chi connectivity index (χ3n) is 4.31. The highest BCUT2D eigenvalue weighted by Gasteiger charge is 2.49. The second-order valence-electron chi connectivity index (χ2n) is 6.28. The molecule has 0 bridgehead atoms. The van der Waals surface area contributed by atoms with Crippen LogP contribution in [0.25, 0.3) is 6.08 Å². The predicted octanol–water partition coefficient (Wildman–Crippen LogP) is 3.36. The summed E-state index contributed by atoms with van der Waals surface area (Å²) in [5.41, 5.74) is 0.453. The molecule has 5 nitrogen and oxygen atoms in total. The number of halogens is 1. The number of hydrogen-bond acceptors (Lipinski definition) is 4. The molecule has 3 amide bonds. The second kappa shape index (κ2) is 7.17. The molecule has 1 aromatic carbocycles. The number of nitrogens with one attached hydrogen (secondary N) is 1. The van der Waals surface area contributed by atoms with Crippen molar-refractivity contribution in [3.05, 3.63) is 62.4 Å². The minimum atomic E-state index is -1.28. The Bertz CT molecular complexity index is 907. The molecule has 0 spiro atoms. The molecule has 0 radical (unpaired) electrons. The molecule has 2 aromatic rings. The summed E-state index contributed by atoms with van der Waals surface area (Å²) in [5, 5.41) is 6.42. The average molecular weight is 433 g/mol. The van der Waals surface area contributed by atoms with E-state index in [0.717, 1.165) is 20.5 Å². The van der Waals surface area contributed by atoms with E-state index in [1.807, 2.05) is 41.1 Å². The highest BCUT2D eigenvalue weighted by Crippen LogP contribution is 2.30. The lowest BCUT2D eigenvalue weighted by molar-refractivity contribution is -0.158. The number of benzene rings is 1. The van der Waals surface area contributed by atoms with E-state index in [2.05, 4.69) is 21.2 Å². The monoisotopic (exact) mass is 432 g/mol. The van der Waals surface area contributed by atoms with E-state index in [0.29, 0.717) is 0 Å². The molecule has 7 heteroatoms. The topological polar surface area (TPSA) is 66.5 Å². The largest absolute Gasteiger partial charge is 0.319 e. The molecule has 1 aromatic heterocycles. The zero-order valence-electron chi connectivity index (χ0n) is 14.3. The fourth-order valence-corrected chi connectivity index (χ4v) is 4.42. The van der Waals surface area contributed by atoms with Crippen LogP contribution in [0.2, 0.25) is 0 Å². The smallest absolute Gasteiger partial charge is 0.277 e. The van der Waals surface area contributed by atoms with Crippen LogP contribution in [-0.2, 0) is 20.8 Å². The van der Waals surface area contributed by atoms with Gasteiger partial charge in [-0.3, -0.25) is 19.3 Å². The van der Waals surface area contributed by atoms with Gasteiger partial charge in [-0.2, -0.15) is 11.3 Å². The fourth-order valence-electron chi connectivity index (χ4n) is 3.05. The van der Waals surface area contributed by atoms with Crippen molar-refractivity contribution in [2.75, 3.05) is 0 Å². The lowest BCUT2D eigenvalue weighted by atomic mass is 9.87. The van der Waals surface area contributed by atoms with Gasteiger partial charge in [0.2, 0.25) is 5.91 Å². The van der Waals surface area contributed by atoms with Crippen LogP contribution in [0.4, 0.5) is 0 Å². The molecular weight excluding hydrogens is 416 g/mol. The molecular formula is C19H17BrN2O3S. The molecule has 0 saturated carbocycles. The Morgan fingerprint density at radius 3 is 2.54 bits per heavy atom. The third-order valence-corrected chi connectivity index (χ3v) is 6.06. The Labute approximate surface area is 163 Å². The normalized spacial score (nSPS) is 21.8. The van der Waals surface area contributed by atoms with Gasteiger partial charge < -0.3 is 5.32 Å². The summed E-state index contributed by atoms with van der Waals surface area (Å²) in [7, 11) is 0. The van der Waals surface area contributed by atoms with E-state index in [-0.39, 0.29) is 18.0 Å². The number of hydrogen-bond donors (Lipinski definition) is 1. The van der Waals surface area contributed by atoms with E-state index in [9.17, 15) is 14.4 Å². The summed E-state index contributed by atoms with van der Waals surface area (Å²) < 4.78 is 0.823. The molecule has 0 aliphatic carbocycles. The summed E-state index contributed by atoms with van der Waals surface area (Å²) in [6, 6.07) is 9.34. The van der Waals surface area contributed by atoms with Crippen molar-refractivity contribution in [2.24, 2.45) is 0 Å². The first-order chi connectivity index (χ1) is 12.3. The van der Waals surface area contributed by atoms with Gasteiger partial charge in [-0.25, -0.2) is 0 Å². The SMILES string of the molecule is CC(=O)N1C(=O)/C(=C/c2cscc2Br)NC(=O)C1(C)Cc1ccccc1. The average Bonchev–Trinajstić information content (AvgIpc) is 2.98. The molecule has 1 N–H and O–H groups in total. The maximum atomic E-state index is 13.0. The number of carbonyl (C=O) groups excluding carboxylic acids is 3. The summed E-state index contributed by atoms with van der Waals surface area (Å²) in [4.78, 5) is 39.2. The molecule has 1 aliphatic rings. The quantitative estimate of drug-likeness (QED) is 0.756. The summed E-state index contributed by atoms with van der Waals surface area (Å²) in [6.45, 7) is 2.92. The standard InChI is InChI=1S/C19H17BrN2O3S/c1-12(23)22-17(24)16(8-14-10-26-11-15(14)20)21-18(25)19(22,2)9-13-6-4-3-5-7-13/h3-8,10-11H,9H2,1-2H3,(H,21,25)/b16-8-. The fraction of sp³-hybridized carbons (Fsp3) is 0.211. The minimum absolute atomic E-state index is 0.0924. The van der Waals surface area contributed by atoms with Gasteiger partial charge in [-0.1, -0.05) is 30.3 Å². The number of rotatable bonds is 3. The van der Waals surface area contributed by atoms with Gasteiger partial charge in [0.05, 0.1) is 0 Å². The van der Waals surface area contributed by atoms with Gasteiger partial charge >= 0.3 is 0 Å². The van der Waals surface area contributed by atoms with Crippen LogP contribution in [0.15, 0.2) is 51.3 Å². The number of nitrogens with zero attached hydrogens (tertiary/aromatic N) is 1. The Balaban J connectivity index is 2.00. The van der Waals surface area contributed by atoms with E-state index in [1.165, 1.54) is 18.3 Å². The van der Waals surface area contributed by atoms with E-state index in [1.54, 1.807) is 13.0 Å². The number of piperazine rings is 1. The van der Waals surface area contributed by atoms with Crippen molar-refractivity contribution in [3.8, 4) is 0 Å². The summed E-state index contributed by atoms with van der Waals surface area (Å²) >= 11 is 4.87. The predicted molar refractivity (Wildman–Crippen MR) is 104 cm³/mol. The first-order valence-electron chi connectivity index (χ1n) is 7.97. The number of thiophene rings is 1. The van der Waals surface area contributed by atoms with Crippen molar-refractivity contribution in [3.63, 3.8) is 0 Å². The zero-order chi connectivity index (χ0) is 18.9. The molecule has 1 aliphatic heterocycles. The van der Waals surface area contributed by atoms with Crippen LogP contribution in [-0.4, -0.2) is 28.2 Å². The zero-order valence-corrected chi connectivity index (χ0v) is 16.7. The van der Waals surface area contributed by atoms with Crippen molar-refractivity contribution in [1.29, 1.82) is 0 Å². The number of imide groups is 1. The maximum Gasteiger partial charge on any atom is 0.277 e. The van der Waals surface area contributed by atoms with Gasteiger partial charge in [0.1, 0.15) is 11.2 Å². The van der Waals surface area contributed by atoms with Crippen LogP contribution < -0.4 is 5.32 Å². The molecule has 26 heavy (non-hydrogen) atoms. The van der Waals surface area contributed by atoms with Crippen molar-refractivity contribution in [1.82, 2.24) is 10.2 Å². The highest BCUT2D eigenvalue weighted by molar-refractivity contribution is 9.10. The van der Waals surface area contributed by atoms with Crippen LogP contribution >= 0.6 is 27.3 Å². The van der Waals surface area contributed by atoms with Gasteiger partial charge in [0, 0.05) is 28.8 Å². The van der Waals surface area contributed by atoms with Gasteiger partial charge in [0.15, 0.2) is 0 Å². The second-order valence-corrected chi connectivity index (χ2v) is 7.88. The summed E-state index contributed by atoms with van der Waals surface area (Å²) in [5.74, 6) is -1.35. The van der Waals surface area contributed by atoms with E-state index in [4.69, 9.17) is 0 Å². The first-order valence-corrected chi connectivity index (χ1v) is 9.70. The van der Waals surface area contributed by atoms with Crippen molar-refractivity contribution in [2.45, 2.75) is 25.8 Å². The molecule has 134 valence electrons. The minimum Gasteiger partial charge on any atom is -0.319 e. The van der Waals surface area contributed by atoms with Gasteiger partial charge in [-0.05, 0) is 39.9 Å². The Kier molecular flexibility index (Phi) is 5.11. The van der Waals surface area contributed by atoms with Crippen LogP contribution in [0.3, 0.4) is 0 Å². The van der Waals surface area contributed by atoms with Crippen molar-refractivity contribution >= 4 is 51.1 Å². The van der Waals surface area contributed by atoms with E-state index < -0.39 is 17.4 Å². The Morgan fingerprint density at radius 1 is 1.27 bits per heavy atom. The molecule has 1 unspecified atom stereocenters. The first kappa shape index (κ1) is 18.5. The lowest BCUT2D eigenvalue weighted by Crippen LogP contribution is -2.67.